The van der Waals surface area contributed by atoms with Crippen LogP contribution in [0.15, 0.2) is 34.9 Å². The lowest BCUT2D eigenvalue weighted by atomic mass is 10.1. The smallest absolute Gasteiger partial charge is 0.243 e. The maximum absolute atomic E-state index is 6.18. The number of nitrogens with zero attached hydrogens (tertiary/aromatic N) is 2. The summed E-state index contributed by atoms with van der Waals surface area (Å²) in [6.45, 7) is 0. The summed E-state index contributed by atoms with van der Waals surface area (Å²) in [5.74, 6) is 4.79. The van der Waals surface area contributed by atoms with E-state index >= 15 is 0 Å². The second-order valence-electron chi connectivity index (χ2n) is 5.06. The zero-order valence-electron chi connectivity index (χ0n) is 11.8. The number of thioether (sulfide) groups is 2. The Bertz CT molecular complexity index is 555. The predicted octanol–water partition coefficient (Wildman–Crippen LogP) is 3.22. The normalized spacial score (nSPS) is 20.3. The first-order valence-electron chi connectivity index (χ1n) is 7.15. The van der Waals surface area contributed by atoms with Gasteiger partial charge in [-0.15, -0.1) is 11.8 Å². The second-order valence-corrected chi connectivity index (χ2v) is 7.52. The maximum Gasteiger partial charge on any atom is 0.243 e. The monoisotopic (exact) mass is 321 g/mol. The average Bonchev–Trinajstić information content (AvgIpc) is 3.04. The summed E-state index contributed by atoms with van der Waals surface area (Å²) in [5, 5.41) is 4.47. The van der Waals surface area contributed by atoms with Gasteiger partial charge in [-0.2, -0.15) is 16.7 Å². The summed E-state index contributed by atoms with van der Waals surface area (Å²) in [4.78, 5) is 4.51. The van der Waals surface area contributed by atoms with Gasteiger partial charge in [0.2, 0.25) is 5.89 Å². The predicted molar refractivity (Wildman–Crippen MR) is 88.5 cm³/mol. The molecule has 1 aromatic heterocycles. The lowest BCUT2D eigenvalue weighted by Crippen LogP contribution is -2.13. The van der Waals surface area contributed by atoms with Gasteiger partial charge in [0.1, 0.15) is 0 Å². The molecule has 2 N–H and O–H groups in total. The van der Waals surface area contributed by atoms with E-state index < -0.39 is 0 Å². The van der Waals surface area contributed by atoms with E-state index in [4.69, 9.17) is 10.3 Å². The van der Waals surface area contributed by atoms with Crippen molar-refractivity contribution in [3.05, 3.63) is 47.6 Å². The molecule has 1 aromatic carbocycles. The second kappa shape index (κ2) is 7.33. The molecule has 0 radical (unpaired) electrons. The number of rotatable bonds is 5. The molecular formula is C15H19N3OS2. The van der Waals surface area contributed by atoms with Crippen molar-refractivity contribution in [1.29, 1.82) is 0 Å². The minimum absolute atomic E-state index is 0.187. The van der Waals surface area contributed by atoms with Crippen LogP contribution in [-0.2, 0) is 6.42 Å². The van der Waals surface area contributed by atoms with Gasteiger partial charge in [-0.1, -0.05) is 35.5 Å². The Morgan fingerprint density at radius 1 is 1.29 bits per heavy atom. The van der Waals surface area contributed by atoms with Crippen molar-refractivity contribution in [1.82, 2.24) is 10.1 Å². The fourth-order valence-electron chi connectivity index (χ4n) is 2.26. The van der Waals surface area contributed by atoms with Crippen molar-refractivity contribution in [2.45, 2.75) is 24.1 Å². The average molecular weight is 321 g/mol. The van der Waals surface area contributed by atoms with Gasteiger partial charge in [-0.25, -0.2) is 0 Å². The largest absolute Gasteiger partial charge is 0.338 e. The van der Waals surface area contributed by atoms with Crippen LogP contribution < -0.4 is 5.73 Å². The highest BCUT2D eigenvalue weighted by Gasteiger charge is 2.23. The highest BCUT2D eigenvalue weighted by molar-refractivity contribution is 8.06. The topological polar surface area (TPSA) is 64.9 Å². The first kappa shape index (κ1) is 14.9. The molecule has 1 fully saturated rings. The van der Waals surface area contributed by atoms with E-state index in [1.807, 2.05) is 41.7 Å². The lowest BCUT2D eigenvalue weighted by Gasteiger charge is -2.17. The van der Waals surface area contributed by atoms with Crippen LogP contribution in [0.1, 0.15) is 35.0 Å². The van der Waals surface area contributed by atoms with Crippen LogP contribution in [0.4, 0.5) is 0 Å². The van der Waals surface area contributed by atoms with Crippen LogP contribution in [0.3, 0.4) is 0 Å². The molecule has 2 atom stereocenters. The van der Waals surface area contributed by atoms with Crippen LogP contribution >= 0.6 is 23.5 Å². The SMILES string of the molecule is N[C@@H](CCc1ccccc1)c1nc(C2CSCCS2)no1. The fraction of sp³-hybridized carbons (Fsp3) is 0.467. The van der Waals surface area contributed by atoms with Crippen molar-refractivity contribution >= 4 is 23.5 Å². The first-order valence-corrected chi connectivity index (χ1v) is 9.35. The summed E-state index contributed by atoms with van der Waals surface area (Å²) >= 11 is 3.85. The van der Waals surface area contributed by atoms with Gasteiger partial charge >= 0.3 is 0 Å². The zero-order valence-corrected chi connectivity index (χ0v) is 13.4. The number of benzene rings is 1. The summed E-state index contributed by atoms with van der Waals surface area (Å²) < 4.78 is 5.36. The third kappa shape index (κ3) is 4.02. The first-order chi connectivity index (χ1) is 10.3. The molecule has 1 aliphatic heterocycles. The molecule has 21 heavy (non-hydrogen) atoms. The highest BCUT2D eigenvalue weighted by atomic mass is 32.2. The highest BCUT2D eigenvalue weighted by Crippen LogP contribution is 2.35. The Morgan fingerprint density at radius 3 is 2.90 bits per heavy atom. The van der Waals surface area contributed by atoms with E-state index in [-0.39, 0.29) is 6.04 Å². The van der Waals surface area contributed by atoms with Crippen LogP contribution in [0.2, 0.25) is 0 Å². The number of hydrogen-bond donors (Lipinski definition) is 1. The molecule has 0 spiro atoms. The van der Waals surface area contributed by atoms with Crippen LogP contribution in [0, 0.1) is 0 Å². The Kier molecular flexibility index (Phi) is 5.22. The van der Waals surface area contributed by atoms with E-state index in [0.717, 1.165) is 30.2 Å². The van der Waals surface area contributed by atoms with Gasteiger partial charge in [-0.05, 0) is 18.4 Å². The van der Waals surface area contributed by atoms with Crippen molar-refractivity contribution in [2.24, 2.45) is 5.73 Å². The molecule has 1 saturated heterocycles. The fourth-order valence-corrected chi connectivity index (χ4v) is 4.84. The molecule has 0 aliphatic carbocycles. The standard InChI is InChI=1S/C15H19N3OS2/c16-12(7-6-11-4-2-1-3-5-11)15-17-14(18-19-15)13-10-20-8-9-21-13/h1-5,12-13H,6-10,16H2/t12-,13?/m0/s1. The third-order valence-corrected chi connectivity index (χ3v) is 6.22. The van der Waals surface area contributed by atoms with Gasteiger partial charge in [-0.3, -0.25) is 0 Å². The van der Waals surface area contributed by atoms with Crippen molar-refractivity contribution in [3.63, 3.8) is 0 Å². The van der Waals surface area contributed by atoms with Gasteiger partial charge in [0, 0.05) is 17.3 Å². The van der Waals surface area contributed by atoms with Gasteiger partial charge < -0.3 is 10.3 Å². The molecule has 112 valence electrons. The number of aromatic nitrogens is 2. The van der Waals surface area contributed by atoms with Crippen molar-refractivity contribution in [3.8, 4) is 0 Å². The summed E-state index contributed by atoms with van der Waals surface area (Å²) in [6.07, 6.45) is 1.74. The van der Waals surface area contributed by atoms with Gasteiger partial charge in [0.15, 0.2) is 5.82 Å². The molecule has 2 heterocycles. The summed E-state index contributed by atoms with van der Waals surface area (Å²) in [6, 6.07) is 10.2. The van der Waals surface area contributed by atoms with Crippen LogP contribution in [0.25, 0.3) is 0 Å². The van der Waals surface area contributed by atoms with E-state index in [1.54, 1.807) is 0 Å². The van der Waals surface area contributed by atoms with E-state index in [1.165, 1.54) is 11.3 Å². The molecule has 4 nitrogen and oxygen atoms in total. The van der Waals surface area contributed by atoms with Crippen LogP contribution in [-0.4, -0.2) is 27.4 Å². The molecule has 1 unspecified atom stereocenters. The third-order valence-electron chi connectivity index (χ3n) is 3.47. The molecule has 1 aliphatic rings. The van der Waals surface area contributed by atoms with E-state index in [0.29, 0.717) is 11.1 Å². The molecule has 0 amide bonds. The Morgan fingerprint density at radius 2 is 2.14 bits per heavy atom. The van der Waals surface area contributed by atoms with E-state index in [2.05, 4.69) is 22.3 Å². The molecule has 0 saturated carbocycles. The maximum atomic E-state index is 6.18. The lowest BCUT2D eigenvalue weighted by molar-refractivity contribution is 0.345. The van der Waals surface area contributed by atoms with Gasteiger partial charge in [0.25, 0.3) is 0 Å². The minimum atomic E-state index is -0.187. The van der Waals surface area contributed by atoms with Crippen LogP contribution in [0.5, 0.6) is 0 Å². The van der Waals surface area contributed by atoms with E-state index in [9.17, 15) is 0 Å². The minimum Gasteiger partial charge on any atom is -0.338 e. The molecule has 2 aromatic rings. The number of nitrogens with two attached hydrogens (primary N) is 1. The molecular weight excluding hydrogens is 302 g/mol. The molecule has 3 rings (SSSR count). The zero-order chi connectivity index (χ0) is 14.5. The Labute approximate surface area is 133 Å². The Hall–Kier alpha value is -0.980. The Balaban J connectivity index is 1.57. The summed E-state index contributed by atoms with van der Waals surface area (Å²) in [5.41, 5.74) is 7.46. The quantitative estimate of drug-likeness (QED) is 0.912. The number of aryl methyl sites for hydroxylation is 1. The van der Waals surface area contributed by atoms with Gasteiger partial charge in [0.05, 0.1) is 11.3 Å². The number of hydrogen-bond acceptors (Lipinski definition) is 6. The molecule has 0 bridgehead atoms. The van der Waals surface area contributed by atoms with Crippen molar-refractivity contribution < 1.29 is 4.52 Å². The summed E-state index contributed by atoms with van der Waals surface area (Å²) in [7, 11) is 0. The van der Waals surface area contributed by atoms with Crippen molar-refractivity contribution in [2.75, 3.05) is 17.3 Å². The molecule has 6 heteroatoms.